The van der Waals surface area contributed by atoms with Crippen molar-refractivity contribution in [3.63, 3.8) is 0 Å². The van der Waals surface area contributed by atoms with Gasteiger partial charge in [0.1, 0.15) is 0 Å². The van der Waals surface area contributed by atoms with E-state index in [1.165, 1.54) is 10.6 Å². The molecule has 3 nitrogen and oxygen atoms in total. The molecule has 0 radical (unpaired) electrons. The summed E-state index contributed by atoms with van der Waals surface area (Å²) in [5.74, 6) is 0.259. The molecule has 1 aromatic heterocycles. The Balaban J connectivity index is 1.63. The van der Waals surface area contributed by atoms with E-state index in [4.69, 9.17) is 0 Å². The van der Waals surface area contributed by atoms with Crippen molar-refractivity contribution in [1.29, 1.82) is 0 Å². The van der Waals surface area contributed by atoms with E-state index in [1.807, 2.05) is 42.8 Å². The molecule has 2 aromatic rings. The molecule has 0 fully saturated rings. The van der Waals surface area contributed by atoms with Crippen molar-refractivity contribution in [2.24, 2.45) is 5.92 Å². The molecule has 1 amide bonds. The summed E-state index contributed by atoms with van der Waals surface area (Å²) in [6, 6.07) is 10.2. The van der Waals surface area contributed by atoms with Crippen LogP contribution in [0, 0.1) is 5.92 Å². The van der Waals surface area contributed by atoms with Crippen molar-refractivity contribution >= 4 is 17.2 Å². The van der Waals surface area contributed by atoms with Gasteiger partial charge in [-0.15, -0.1) is 11.3 Å². The van der Waals surface area contributed by atoms with Crippen LogP contribution in [0.25, 0.3) is 0 Å². The van der Waals surface area contributed by atoms with Crippen molar-refractivity contribution in [1.82, 2.24) is 10.3 Å². The third-order valence-corrected chi connectivity index (χ3v) is 4.81. The van der Waals surface area contributed by atoms with E-state index in [0.717, 1.165) is 24.8 Å². The Morgan fingerprint density at radius 3 is 3.00 bits per heavy atom. The van der Waals surface area contributed by atoms with Crippen molar-refractivity contribution < 1.29 is 4.79 Å². The first-order valence-corrected chi connectivity index (χ1v) is 7.88. The number of hydrogen-bond donors (Lipinski definition) is 1. The summed E-state index contributed by atoms with van der Waals surface area (Å²) in [6.45, 7) is 2.04. The number of aromatic nitrogens is 1. The van der Waals surface area contributed by atoms with Crippen LogP contribution in [0.4, 0.5) is 0 Å². The van der Waals surface area contributed by atoms with Crippen LogP contribution < -0.4 is 5.32 Å². The lowest BCUT2D eigenvalue weighted by Gasteiger charge is -2.23. The van der Waals surface area contributed by atoms with E-state index in [9.17, 15) is 4.79 Å². The minimum atomic E-state index is 0.0616. The minimum Gasteiger partial charge on any atom is -0.349 e. The quantitative estimate of drug-likeness (QED) is 0.942. The summed E-state index contributed by atoms with van der Waals surface area (Å²) in [4.78, 5) is 18.0. The van der Waals surface area contributed by atoms with Crippen LogP contribution in [-0.2, 0) is 17.6 Å². The number of carbonyl (C=O) groups excluding carboxylic acids is 1. The van der Waals surface area contributed by atoms with Crippen LogP contribution in [0.1, 0.15) is 35.5 Å². The lowest BCUT2D eigenvalue weighted by molar-refractivity contribution is -0.126. The zero-order valence-electron chi connectivity index (χ0n) is 11.5. The molecule has 4 heteroatoms. The van der Waals surface area contributed by atoms with Gasteiger partial charge in [0.15, 0.2) is 0 Å². The number of nitrogens with one attached hydrogen (secondary N) is 1. The maximum Gasteiger partial charge on any atom is 0.223 e. The van der Waals surface area contributed by atoms with Crippen LogP contribution >= 0.6 is 11.3 Å². The van der Waals surface area contributed by atoms with Gasteiger partial charge in [0.25, 0.3) is 0 Å². The number of fused-ring (bicyclic) bond motifs is 1. The predicted molar refractivity (Wildman–Crippen MR) is 80.6 cm³/mol. The van der Waals surface area contributed by atoms with Gasteiger partial charge < -0.3 is 5.32 Å². The summed E-state index contributed by atoms with van der Waals surface area (Å²) in [6.07, 6.45) is 2.67. The van der Waals surface area contributed by atoms with Crippen molar-refractivity contribution in [2.75, 3.05) is 0 Å². The van der Waals surface area contributed by atoms with Gasteiger partial charge in [-0.3, -0.25) is 4.79 Å². The fourth-order valence-electron chi connectivity index (χ4n) is 2.68. The Hall–Kier alpha value is -1.68. The molecular formula is C16H18N2OS. The Morgan fingerprint density at radius 2 is 2.20 bits per heavy atom. The Bertz CT molecular complexity index is 594. The summed E-state index contributed by atoms with van der Waals surface area (Å²) in [5, 5.41) is 3.13. The second-order valence-electron chi connectivity index (χ2n) is 5.30. The van der Waals surface area contributed by atoms with Gasteiger partial charge in [0.05, 0.1) is 17.2 Å². The first-order valence-electron chi connectivity index (χ1n) is 7.00. The molecule has 2 unspecified atom stereocenters. The molecule has 20 heavy (non-hydrogen) atoms. The highest BCUT2D eigenvalue weighted by molar-refractivity contribution is 7.09. The summed E-state index contributed by atoms with van der Waals surface area (Å²) in [7, 11) is 0. The summed E-state index contributed by atoms with van der Waals surface area (Å²) in [5.41, 5.74) is 4.22. The van der Waals surface area contributed by atoms with Gasteiger partial charge in [0, 0.05) is 10.8 Å². The largest absolute Gasteiger partial charge is 0.349 e. The molecule has 1 aliphatic rings. The van der Waals surface area contributed by atoms with E-state index in [2.05, 4.69) is 10.3 Å². The molecule has 0 saturated heterocycles. The molecule has 0 saturated carbocycles. The van der Waals surface area contributed by atoms with Crippen LogP contribution in [0.2, 0.25) is 0 Å². The highest BCUT2D eigenvalue weighted by Crippen LogP contribution is 2.28. The highest BCUT2D eigenvalue weighted by Gasteiger charge is 2.27. The number of thiazole rings is 1. The third-order valence-electron chi connectivity index (χ3n) is 3.92. The van der Waals surface area contributed by atoms with E-state index < -0.39 is 0 Å². The third kappa shape index (κ3) is 2.75. The highest BCUT2D eigenvalue weighted by atomic mass is 32.1. The van der Waals surface area contributed by atoms with Crippen molar-refractivity contribution in [3.8, 4) is 0 Å². The molecule has 2 atom stereocenters. The SMILES string of the molecule is CC(NC(=O)C1CCc2ncsc2C1)c1ccccc1. The number of hydrogen-bond acceptors (Lipinski definition) is 3. The van der Waals surface area contributed by atoms with Crippen LogP contribution in [-0.4, -0.2) is 10.9 Å². The second-order valence-corrected chi connectivity index (χ2v) is 6.24. The number of amides is 1. The minimum absolute atomic E-state index is 0.0616. The standard InChI is InChI=1S/C16H18N2OS/c1-11(12-5-3-2-4-6-12)18-16(19)13-7-8-14-15(9-13)20-10-17-14/h2-6,10-11,13H,7-9H2,1H3,(H,18,19). The monoisotopic (exact) mass is 286 g/mol. The zero-order chi connectivity index (χ0) is 13.9. The number of benzene rings is 1. The van der Waals surface area contributed by atoms with Gasteiger partial charge >= 0.3 is 0 Å². The number of carbonyl (C=O) groups is 1. The molecule has 3 rings (SSSR count). The molecule has 1 aromatic carbocycles. The normalized spacial score (nSPS) is 19.1. The Labute approximate surface area is 123 Å². The van der Waals surface area contributed by atoms with Crippen LogP contribution in [0.15, 0.2) is 35.8 Å². The average molecular weight is 286 g/mol. The summed E-state index contributed by atoms with van der Waals surface area (Å²) < 4.78 is 0. The molecule has 1 heterocycles. The van der Waals surface area contributed by atoms with E-state index >= 15 is 0 Å². The molecule has 0 bridgehead atoms. The van der Waals surface area contributed by atoms with Gasteiger partial charge in [-0.05, 0) is 31.7 Å². The number of aryl methyl sites for hydroxylation is 1. The summed E-state index contributed by atoms with van der Waals surface area (Å²) >= 11 is 1.67. The Morgan fingerprint density at radius 1 is 1.40 bits per heavy atom. The van der Waals surface area contributed by atoms with Gasteiger partial charge in [-0.1, -0.05) is 30.3 Å². The van der Waals surface area contributed by atoms with Gasteiger partial charge in [-0.2, -0.15) is 0 Å². The fraction of sp³-hybridized carbons (Fsp3) is 0.375. The first kappa shape index (κ1) is 13.3. The number of rotatable bonds is 3. The molecule has 104 valence electrons. The Kier molecular flexibility index (Phi) is 3.83. The predicted octanol–water partition coefficient (Wildman–Crippen LogP) is 3.13. The van der Waals surface area contributed by atoms with Gasteiger partial charge in [0.2, 0.25) is 5.91 Å². The first-order chi connectivity index (χ1) is 9.74. The lowest BCUT2D eigenvalue weighted by atomic mass is 9.90. The molecule has 0 aliphatic heterocycles. The van der Waals surface area contributed by atoms with Crippen molar-refractivity contribution in [3.05, 3.63) is 52.0 Å². The smallest absolute Gasteiger partial charge is 0.223 e. The van der Waals surface area contributed by atoms with Gasteiger partial charge in [-0.25, -0.2) is 4.98 Å². The van der Waals surface area contributed by atoms with Crippen LogP contribution in [0.5, 0.6) is 0 Å². The average Bonchev–Trinajstić information content (AvgIpc) is 2.95. The topological polar surface area (TPSA) is 42.0 Å². The molecular weight excluding hydrogens is 268 g/mol. The zero-order valence-corrected chi connectivity index (χ0v) is 12.3. The van der Waals surface area contributed by atoms with E-state index in [0.29, 0.717) is 0 Å². The molecule has 1 aliphatic carbocycles. The number of nitrogens with zero attached hydrogens (tertiary/aromatic N) is 1. The van der Waals surface area contributed by atoms with Crippen molar-refractivity contribution in [2.45, 2.75) is 32.2 Å². The molecule has 1 N–H and O–H groups in total. The maximum atomic E-state index is 12.4. The second kappa shape index (κ2) is 5.75. The van der Waals surface area contributed by atoms with Crippen LogP contribution in [0.3, 0.4) is 0 Å². The van der Waals surface area contributed by atoms with E-state index in [1.54, 1.807) is 11.3 Å². The lowest BCUT2D eigenvalue weighted by Crippen LogP contribution is -2.35. The van der Waals surface area contributed by atoms with E-state index in [-0.39, 0.29) is 17.9 Å². The fourth-order valence-corrected chi connectivity index (χ4v) is 3.58. The maximum absolute atomic E-state index is 12.4. The molecule has 0 spiro atoms.